The molecule has 3 aromatic carbocycles. The first kappa shape index (κ1) is 23.0. The molecule has 0 bridgehead atoms. The molecule has 1 aliphatic heterocycles. The average Bonchev–Trinajstić information content (AvgIpc) is 2.78. The van der Waals surface area contributed by atoms with Gasteiger partial charge in [0, 0.05) is 45.9 Å². The van der Waals surface area contributed by atoms with Gasteiger partial charge in [-0.3, -0.25) is 9.69 Å². The fraction of sp³-hybridized carbons (Fsp3) is 0.296. The number of hydrogen-bond acceptors (Lipinski definition) is 2. The number of benzene rings is 3. The number of piperidine rings is 1. The molecule has 5 heteroatoms. The molecule has 0 aliphatic carbocycles. The maximum atomic E-state index is 13.9. The molecule has 0 unspecified atom stereocenters. The highest BCUT2D eigenvalue weighted by atomic mass is 79.9. The van der Waals surface area contributed by atoms with Crippen molar-refractivity contribution in [3.05, 3.63) is 99.0 Å². The van der Waals surface area contributed by atoms with Crippen molar-refractivity contribution in [2.24, 2.45) is 0 Å². The Morgan fingerprint density at radius 3 is 2.31 bits per heavy atom. The van der Waals surface area contributed by atoms with Crippen LogP contribution in [-0.2, 0) is 6.54 Å². The van der Waals surface area contributed by atoms with E-state index in [2.05, 4.69) is 58.1 Å². The Hall–Kier alpha value is -2.14. The van der Waals surface area contributed by atoms with Crippen LogP contribution in [0, 0.1) is 6.92 Å². The van der Waals surface area contributed by atoms with Crippen LogP contribution in [0.2, 0.25) is 5.02 Å². The van der Waals surface area contributed by atoms with Crippen LogP contribution >= 0.6 is 27.5 Å². The first-order valence-electron chi connectivity index (χ1n) is 11.0. The van der Waals surface area contributed by atoms with Crippen molar-refractivity contribution in [3.63, 3.8) is 0 Å². The standard InChI is InChI=1S/C27H28BrClN2O/c1-20-18-22(28)8-13-25(20)26(32)31(24-11-9-23(29)10-12-24)27(2)14-16-30(17-15-27)19-21-6-4-3-5-7-21/h3-13,18H,14-17,19H2,1-2H3. The van der Waals surface area contributed by atoms with Crippen LogP contribution in [-0.4, -0.2) is 29.4 Å². The lowest BCUT2D eigenvalue weighted by Crippen LogP contribution is -2.56. The number of anilines is 1. The number of likely N-dealkylation sites (tertiary alicyclic amines) is 1. The summed E-state index contributed by atoms with van der Waals surface area (Å²) in [6.07, 6.45) is 1.81. The van der Waals surface area contributed by atoms with Crippen LogP contribution in [0.25, 0.3) is 0 Å². The van der Waals surface area contributed by atoms with E-state index in [1.807, 2.05) is 54.3 Å². The zero-order valence-corrected chi connectivity index (χ0v) is 20.9. The molecule has 1 heterocycles. The molecule has 1 amide bonds. The van der Waals surface area contributed by atoms with Crippen LogP contribution in [0.15, 0.2) is 77.3 Å². The normalized spacial score (nSPS) is 16.0. The van der Waals surface area contributed by atoms with Gasteiger partial charge >= 0.3 is 0 Å². The predicted octanol–water partition coefficient (Wildman–Crippen LogP) is 7.11. The topological polar surface area (TPSA) is 23.6 Å². The number of halogens is 2. The maximum absolute atomic E-state index is 13.9. The highest BCUT2D eigenvalue weighted by Crippen LogP contribution is 2.36. The second-order valence-corrected chi connectivity index (χ2v) is 10.2. The Morgan fingerprint density at radius 2 is 1.69 bits per heavy atom. The van der Waals surface area contributed by atoms with Gasteiger partial charge in [0.2, 0.25) is 0 Å². The summed E-state index contributed by atoms with van der Waals surface area (Å²) in [5.74, 6) is 0.0383. The third kappa shape index (κ3) is 5.09. The Morgan fingerprint density at radius 1 is 1.03 bits per heavy atom. The summed E-state index contributed by atoms with van der Waals surface area (Å²) in [6.45, 7) is 7.04. The van der Waals surface area contributed by atoms with Gasteiger partial charge in [0.15, 0.2) is 0 Å². The summed E-state index contributed by atoms with van der Waals surface area (Å²) in [4.78, 5) is 18.4. The number of rotatable bonds is 5. The lowest BCUT2D eigenvalue weighted by Gasteiger charge is -2.47. The van der Waals surface area contributed by atoms with E-state index in [4.69, 9.17) is 11.6 Å². The molecule has 3 aromatic rings. The second kappa shape index (κ2) is 9.78. The number of amides is 1. The van der Waals surface area contributed by atoms with Crippen molar-refractivity contribution >= 4 is 39.1 Å². The van der Waals surface area contributed by atoms with E-state index in [0.717, 1.165) is 53.8 Å². The second-order valence-electron chi connectivity index (χ2n) is 8.83. The van der Waals surface area contributed by atoms with Gasteiger partial charge in [0.25, 0.3) is 5.91 Å². The average molecular weight is 512 g/mol. The summed E-state index contributed by atoms with van der Waals surface area (Å²) in [6, 6.07) is 24.1. The van der Waals surface area contributed by atoms with Crippen LogP contribution in [0.4, 0.5) is 5.69 Å². The summed E-state index contributed by atoms with van der Waals surface area (Å²) >= 11 is 9.67. The van der Waals surface area contributed by atoms with Gasteiger partial charge in [-0.15, -0.1) is 0 Å². The van der Waals surface area contributed by atoms with E-state index in [-0.39, 0.29) is 11.4 Å². The van der Waals surface area contributed by atoms with Crippen molar-refractivity contribution < 1.29 is 4.79 Å². The van der Waals surface area contributed by atoms with Crippen molar-refractivity contribution in [1.82, 2.24) is 4.90 Å². The van der Waals surface area contributed by atoms with Gasteiger partial charge in [0.1, 0.15) is 0 Å². The number of aryl methyl sites for hydroxylation is 1. The molecular weight excluding hydrogens is 484 g/mol. The van der Waals surface area contributed by atoms with Crippen molar-refractivity contribution in [1.29, 1.82) is 0 Å². The Bertz CT molecular complexity index is 1080. The monoisotopic (exact) mass is 510 g/mol. The summed E-state index contributed by atoms with van der Waals surface area (Å²) in [7, 11) is 0. The number of hydrogen-bond donors (Lipinski definition) is 0. The fourth-order valence-electron chi connectivity index (χ4n) is 4.51. The van der Waals surface area contributed by atoms with Gasteiger partial charge in [-0.2, -0.15) is 0 Å². The molecule has 0 spiro atoms. The van der Waals surface area contributed by atoms with E-state index in [0.29, 0.717) is 5.02 Å². The third-order valence-electron chi connectivity index (χ3n) is 6.43. The Labute approximate surface area is 204 Å². The first-order chi connectivity index (χ1) is 15.4. The maximum Gasteiger partial charge on any atom is 0.259 e. The van der Waals surface area contributed by atoms with E-state index in [1.165, 1.54) is 5.56 Å². The molecule has 0 N–H and O–H groups in total. The third-order valence-corrected chi connectivity index (χ3v) is 7.17. The molecular formula is C27H28BrClN2O. The van der Waals surface area contributed by atoms with Crippen LogP contribution < -0.4 is 4.90 Å². The fourth-order valence-corrected chi connectivity index (χ4v) is 5.11. The quantitative estimate of drug-likeness (QED) is 0.364. The number of nitrogens with zero attached hydrogens (tertiary/aromatic N) is 2. The van der Waals surface area contributed by atoms with E-state index < -0.39 is 0 Å². The molecule has 1 saturated heterocycles. The minimum atomic E-state index is -0.280. The zero-order valence-electron chi connectivity index (χ0n) is 18.5. The molecule has 166 valence electrons. The van der Waals surface area contributed by atoms with Crippen LogP contribution in [0.3, 0.4) is 0 Å². The van der Waals surface area contributed by atoms with E-state index in [9.17, 15) is 4.79 Å². The highest BCUT2D eigenvalue weighted by Gasteiger charge is 2.40. The molecule has 0 saturated carbocycles. The SMILES string of the molecule is Cc1cc(Br)ccc1C(=O)N(c1ccc(Cl)cc1)C1(C)CCN(Cc2ccccc2)CC1. The number of carbonyl (C=O) groups is 1. The first-order valence-corrected chi connectivity index (χ1v) is 12.2. The van der Waals surface area contributed by atoms with E-state index in [1.54, 1.807) is 0 Å². The lowest BCUT2D eigenvalue weighted by atomic mass is 9.86. The molecule has 0 atom stereocenters. The van der Waals surface area contributed by atoms with Gasteiger partial charge in [-0.25, -0.2) is 0 Å². The molecule has 3 nitrogen and oxygen atoms in total. The largest absolute Gasteiger partial charge is 0.302 e. The van der Waals surface area contributed by atoms with E-state index >= 15 is 0 Å². The van der Waals surface area contributed by atoms with Crippen molar-refractivity contribution in [3.8, 4) is 0 Å². The van der Waals surface area contributed by atoms with Gasteiger partial charge in [-0.05, 0) is 80.3 Å². The smallest absolute Gasteiger partial charge is 0.259 e. The van der Waals surface area contributed by atoms with Gasteiger partial charge < -0.3 is 4.90 Å². The molecule has 4 rings (SSSR count). The van der Waals surface area contributed by atoms with Crippen LogP contribution in [0.1, 0.15) is 41.3 Å². The minimum absolute atomic E-state index is 0.0383. The minimum Gasteiger partial charge on any atom is -0.302 e. The zero-order chi connectivity index (χ0) is 22.7. The van der Waals surface area contributed by atoms with Crippen LogP contribution in [0.5, 0.6) is 0 Å². The van der Waals surface area contributed by atoms with Crippen molar-refractivity contribution in [2.75, 3.05) is 18.0 Å². The summed E-state index contributed by atoms with van der Waals surface area (Å²) < 4.78 is 0.977. The molecule has 0 radical (unpaired) electrons. The van der Waals surface area contributed by atoms with Gasteiger partial charge in [-0.1, -0.05) is 57.9 Å². The predicted molar refractivity (Wildman–Crippen MR) is 136 cm³/mol. The molecule has 0 aromatic heterocycles. The van der Waals surface area contributed by atoms with Crippen molar-refractivity contribution in [2.45, 2.75) is 38.8 Å². The summed E-state index contributed by atoms with van der Waals surface area (Å²) in [5, 5.41) is 0.670. The number of carbonyl (C=O) groups excluding carboxylic acids is 1. The molecule has 32 heavy (non-hydrogen) atoms. The summed E-state index contributed by atoms with van der Waals surface area (Å²) in [5.41, 5.74) is 3.63. The molecule has 1 aliphatic rings. The molecule has 1 fully saturated rings. The van der Waals surface area contributed by atoms with Gasteiger partial charge in [0.05, 0.1) is 0 Å². The Kier molecular flexibility index (Phi) is 7.04. The highest BCUT2D eigenvalue weighted by molar-refractivity contribution is 9.10. The Balaban J connectivity index is 1.61. The lowest BCUT2D eigenvalue weighted by molar-refractivity contribution is 0.0909.